The van der Waals surface area contributed by atoms with Crippen molar-refractivity contribution < 1.29 is 0 Å². The molecule has 1 nitrogen and oxygen atoms in total. The van der Waals surface area contributed by atoms with Gasteiger partial charge in [0.25, 0.3) is 0 Å². The average Bonchev–Trinajstić information content (AvgIpc) is 3.40. The van der Waals surface area contributed by atoms with Crippen LogP contribution in [0.15, 0.2) is 133 Å². The summed E-state index contributed by atoms with van der Waals surface area (Å²) in [7, 11) is 4.32. The Morgan fingerprint density at radius 3 is 1.46 bits per heavy atom. The summed E-state index contributed by atoms with van der Waals surface area (Å²) in [5.74, 6) is 0.340. The predicted octanol–water partition coefficient (Wildman–Crippen LogP) is 8.97. The molecule has 0 radical (unpaired) electrons. The average molecular weight is 478 g/mol. The van der Waals surface area contributed by atoms with Crippen LogP contribution < -0.4 is 0 Å². The second-order valence-corrected chi connectivity index (χ2v) is 10.0. The molecule has 0 fully saturated rings. The first kappa shape index (κ1) is 23.2. The van der Waals surface area contributed by atoms with Crippen LogP contribution in [-0.2, 0) is 0 Å². The summed E-state index contributed by atoms with van der Waals surface area (Å²) in [5.41, 5.74) is 10.4. The Kier molecular flexibility index (Phi) is 6.30. The molecule has 37 heavy (non-hydrogen) atoms. The van der Waals surface area contributed by atoms with E-state index in [-0.39, 0.29) is 0 Å². The summed E-state index contributed by atoms with van der Waals surface area (Å²) in [6, 6.07) is 41.7. The number of allylic oxidation sites excluding steroid dienone is 2. The van der Waals surface area contributed by atoms with Gasteiger partial charge < -0.3 is 4.90 Å². The molecule has 5 aromatic carbocycles. The van der Waals surface area contributed by atoms with E-state index >= 15 is 0 Å². The summed E-state index contributed by atoms with van der Waals surface area (Å²) in [6.45, 7) is 0.978. The van der Waals surface area contributed by atoms with E-state index in [0.29, 0.717) is 5.92 Å². The normalized spacial score (nSPS) is 14.9. The van der Waals surface area contributed by atoms with Crippen molar-refractivity contribution in [3.8, 4) is 33.4 Å². The largest absolute Gasteiger partial charge is 0.308 e. The van der Waals surface area contributed by atoms with Gasteiger partial charge in [0.05, 0.1) is 0 Å². The quantitative estimate of drug-likeness (QED) is 0.236. The van der Waals surface area contributed by atoms with Gasteiger partial charge in [-0.15, -0.1) is 0 Å². The first-order chi connectivity index (χ1) is 18.2. The minimum Gasteiger partial charge on any atom is -0.308 e. The lowest BCUT2D eigenvalue weighted by atomic mass is 9.77. The Morgan fingerprint density at radius 2 is 0.946 bits per heavy atom. The second-order valence-electron chi connectivity index (χ2n) is 10.0. The smallest absolute Gasteiger partial charge is 0.0155 e. The number of rotatable bonds is 6. The van der Waals surface area contributed by atoms with Crippen molar-refractivity contribution in [1.29, 1.82) is 0 Å². The zero-order valence-corrected chi connectivity index (χ0v) is 21.4. The maximum atomic E-state index is 2.35. The van der Waals surface area contributed by atoms with E-state index in [1.54, 1.807) is 0 Å². The van der Waals surface area contributed by atoms with Crippen molar-refractivity contribution in [2.75, 3.05) is 20.6 Å². The third-order valence-electron chi connectivity index (χ3n) is 7.27. The Balaban J connectivity index is 1.81. The van der Waals surface area contributed by atoms with E-state index in [0.717, 1.165) is 6.54 Å². The van der Waals surface area contributed by atoms with Crippen LogP contribution in [0.4, 0.5) is 0 Å². The molecule has 5 aromatic rings. The van der Waals surface area contributed by atoms with Crippen LogP contribution in [0.25, 0.3) is 49.7 Å². The van der Waals surface area contributed by atoms with Gasteiger partial charge in [-0.25, -0.2) is 0 Å². The van der Waals surface area contributed by atoms with Crippen molar-refractivity contribution in [3.05, 3.63) is 139 Å². The zero-order chi connectivity index (χ0) is 25.2. The van der Waals surface area contributed by atoms with Gasteiger partial charge in [-0.3, -0.25) is 0 Å². The summed E-state index contributed by atoms with van der Waals surface area (Å²) < 4.78 is 0. The first-order valence-electron chi connectivity index (χ1n) is 13.0. The second kappa shape index (κ2) is 10.0. The van der Waals surface area contributed by atoms with Gasteiger partial charge in [0.1, 0.15) is 0 Å². The lowest BCUT2D eigenvalue weighted by molar-refractivity contribution is 0.391. The number of hydrogen-bond acceptors (Lipinski definition) is 1. The molecular weight excluding hydrogens is 446 g/mol. The van der Waals surface area contributed by atoms with Crippen molar-refractivity contribution in [2.24, 2.45) is 5.92 Å². The molecule has 180 valence electrons. The van der Waals surface area contributed by atoms with Crippen LogP contribution in [0.5, 0.6) is 0 Å². The summed E-state index contributed by atoms with van der Waals surface area (Å²) >= 11 is 0. The molecule has 0 amide bonds. The highest BCUT2D eigenvalue weighted by molar-refractivity contribution is 6.16. The number of hydrogen-bond donors (Lipinski definition) is 0. The molecule has 1 aliphatic carbocycles. The van der Waals surface area contributed by atoms with Crippen LogP contribution in [0.1, 0.15) is 5.56 Å². The van der Waals surface area contributed by atoms with E-state index in [9.17, 15) is 0 Å². The predicted molar refractivity (Wildman–Crippen MR) is 159 cm³/mol. The maximum Gasteiger partial charge on any atom is 0.0155 e. The van der Waals surface area contributed by atoms with Gasteiger partial charge in [-0.2, -0.15) is 0 Å². The highest BCUT2D eigenvalue weighted by atomic mass is 15.1. The first-order valence-corrected chi connectivity index (χ1v) is 13.0. The van der Waals surface area contributed by atoms with Gasteiger partial charge in [0.2, 0.25) is 0 Å². The lowest BCUT2D eigenvalue weighted by Crippen LogP contribution is -2.20. The van der Waals surface area contributed by atoms with E-state index in [2.05, 4.69) is 152 Å². The molecule has 0 saturated heterocycles. The Morgan fingerprint density at radius 1 is 0.514 bits per heavy atom. The maximum absolute atomic E-state index is 2.35. The zero-order valence-electron chi connectivity index (χ0n) is 21.4. The van der Waals surface area contributed by atoms with Gasteiger partial charge in [-0.05, 0) is 69.4 Å². The fourth-order valence-corrected chi connectivity index (χ4v) is 5.77. The van der Waals surface area contributed by atoms with Crippen molar-refractivity contribution in [1.82, 2.24) is 4.90 Å². The summed E-state index contributed by atoms with van der Waals surface area (Å²) in [6.07, 6.45) is 6.92. The van der Waals surface area contributed by atoms with Crippen LogP contribution >= 0.6 is 0 Å². The Bertz CT molecular complexity index is 1590. The molecule has 0 bridgehead atoms. The third-order valence-corrected chi connectivity index (χ3v) is 7.27. The fourth-order valence-electron chi connectivity index (χ4n) is 5.77. The molecule has 1 unspecified atom stereocenters. The van der Waals surface area contributed by atoms with Crippen LogP contribution in [0.3, 0.4) is 0 Å². The van der Waals surface area contributed by atoms with Gasteiger partial charge in [0.15, 0.2) is 0 Å². The molecule has 0 heterocycles. The van der Waals surface area contributed by atoms with E-state index in [1.807, 2.05) is 0 Å². The van der Waals surface area contributed by atoms with Gasteiger partial charge in [0, 0.05) is 12.5 Å². The van der Waals surface area contributed by atoms with Gasteiger partial charge in [-0.1, -0.05) is 133 Å². The number of benzene rings is 5. The van der Waals surface area contributed by atoms with Crippen molar-refractivity contribution >= 4 is 16.3 Å². The molecule has 0 spiro atoms. The van der Waals surface area contributed by atoms with Crippen LogP contribution in [0, 0.1) is 5.92 Å². The number of nitrogens with zero attached hydrogens (tertiary/aromatic N) is 1. The highest BCUT2D eigenvalue weighted by Crippen LogP contribution is 2.50. The van der Waals surface area contributed by atoms with E-state index < -0.39 is 0 Å². The standard InChI is InChI=1S/C36H31N/c1-37(2)25-29-21-14-24-30(29)36-32-23-13-12-22-31(32)33(26-15-6-3-7-16-26)34(27-17-8-4-9-18-27)35(36)28-19-10-5-11-20-28/h3-24,29H,25H2,1-2H3. The Hall–Kier alpha value is -4.20. The molecule has 0 N–H and O–H groups in total. The molecule has 0 aliphatic heterocycles. The Labute approximate surface area is 220 Å². The fraction of sp³-hybridized carbons (Fsp3) is 0.111. The molecule has 0 saturated carbocycles. The van der Waals surface area contributed by atoms with Crippen LogP contribution in [-0.4, -0.2) is 25.5 Å². The monoisotopic (exact) mass is 477 g/mol. The molecular formula is C36H31N. The molecule has 6 rings (SSSR count). The summed E-state index contributed by atoms with van der Waals surface area (Å²) in [4.78, 5) is 2.29. The molecule has 1 atom stereocenters. The minimum absolute atomic E-state index is 0.340. The molecule has 1 heteroatoms. The SMILES string of the molecule is CN(C)CC1C=CC=C1c1c(-c2ccccc2)c(-c2ccccc2)c(-c2ccccc2)c2ccccc12. The topological polar surface area (TPSA) is 3.24 Å². The molecule has 1 aliphatic rings. The van der Waals surface area contributed by atoms with E-state index in [1.165, 1.54) is 55.3 Å². The minimum atomic E-state index is 0.340. The van der Waals surface area contributed by atoms with Crippen LogP contribution in [0.2, 0.25) is 0 Å². The van der Waals surface area contributed by atoms with Crippen molar-refractivity contribution in [2.45, 2.75) is 0 Å². The van der Waals surface area contributed by atoms with Gasteiger partial charge >= 0.3 is 0 Å². The summed E-state index contributed by atoms with van der Waals surface area (Å²) in [5, 5.41) is 2.59. The highest BCUT2D eigenvalue weighted by Gasteiger charge is 2.28. The third kappa shape index (κ3) is 4.33. The van der Waals surface area contributed by atoms with Crippen molar-refractivity contribution in [3.63, 3.8) is 0 Å². The van der Waals surface area contributed by atoms with E-state index in [4.69, 9.17) is 0 Å². The molecule has 0 aromatic heterocycles. The lowest BCUT2D eigenvalue weighted by Gasteiger charge is -2.27. The number of fused-ring (bicyclic) bond motifs is 1.